The molecule has 0 fully saturated rings. The molecule has 3 aromatic rings. The highest BCUT2D eigenvalue weighted by Crippen LogP contribution is 2.35. The standard InChI is InChI=1S/C23H25NO5/c1-13(9-23(25)24-16-7-8-19(26-4)22(10-16)28-6)17-11-18-14(2)15(3)29-21(18)12-20(17)27-5/h7-12H,1-6H3,(H,24,25)/b13-9+. The van der Waals surface area contributed by atoms with E-state index in [0.29, 0.717) is 22.9 Å². The lowest BCUT2D eigenvalue weighted by Gasteiger charge is -2.11. The van der Waals surface area contributed by atoms with Crippen molar-refractivity contribution in [3.63, 3.8) is 0 Å². The average Bonchev–Trinajstić information content (AvgIpc) is 2.99. The molecule has 2 aromatic carbocycles. The van der Waals surface area contributed by atoms with Crippen molar-refractivity contribution in [2.45, 2.75) is 20.8 Å². The molecule has 152 valence electrons. The highest BCUT2D eigenvalue weighted by atomic mass is 16.5. The summed E-state index contributed by atoms with van der Waals surface area (Å²) in [5.74, 6) is 2.41. The van der Waals surface area contributed by atoms with Gasteiger partial charge in [0.25, 0.3) is 0 Å². The van der Waals surface area contributed by atoms with Gasteiger partial charge in [-0.2, -0.15) is 0 Å². The Labute approximate surface area is 170 Å². The summed E-state index contributed by atoms with van der Waals surface area (Å²) in [6.07, 6.45) is 1.54. The second-order valence-corrected chi connectivity index (χ2v) is 6.72. The largest absolute Gasteiger partial charge is 0.496 e. The number of furan rings is 1. The molecule has 1 N–H and O–H groups in total. The van der Waals surface area contributed by atoms with Crippen LogP contribution in [0.5, 0.6) is 17.2 Å². The lowest BCUT2D eigenvalue weighted by atomic mass is 10.0. The Balaban J connectivity index is 1.90. The fraction of sp³-hybridized carbons (Fsp3) is 0.261. The molecule has 6 heteroatoms. The molecule has 3 rings (SSSR count). The number of amides is 1. The monoisotopic (exact) mass is 395 g/mol. The van der Waals surface area contributed by atoms with E-state index in [0.717, 1.165) is 33.4 Å². The van der Waals surface area contributed by atoms with Crippen molar-refractivity contribution in [3.8, 4) is 17.2 Å². The zero-order valence-corrected chi connectivity index (χ0v) is 17.5. The van der Waals surface area contributed by atoms with Gasteiger partial charge in [-0.1, -0.05) is 0 Å². The van der Waals surface area contributed by atoms with Gasteiger partial charge in [-0.05, 0) is 50.1 Å². The van der Waals surface area contributed by atoms with Crippen LogP contribution in [0.2, 0.25) is 0 Å². The molecule has 6 nitrogen and oxygen atoms in total. The van der Waals surface area contributed by atoms with Gasteiger partial charge in [-0.25, -0.2) is 0 Å². The van der Waals surface area contributed by atoms with Crippen molar-refractivity contribution in [2.24, 2.45) is 0 Å². The Bertz CT molecular complexity index is 1090. The summed E-state index contributed by atoms with van der Waals surface area (Å²) in [5, 5.41) is 3.85. The molecule has 1 aromatic heterocycles. The van der Waals surface area contributed by atoms with Crippen LogP contribution in [0.3, 0.4) is 0 Å². The quantitative estimate of drug-likeness (QED) is 0.587. The summed E-state index contributed by atoms with van der Waals surface area (Å²) in [4.78, 5) is 12.6. The maximum atomic E-state index is 12.6. The van der Waals surface area contributed by atoms with Gasteiger partial charge in [-0.15, -0.1) is 0 Å². The zero-order valence-electron chi connectivity index (χ0n) is 17.5. The lowest BCUT2D eigenvalue weighted by Crippen LogP contribution is -2.09. The second-order valence-electron chi connectivity index (χ2n) is 6.72. The second kappa shape index (κ2) is 8.31. The minimum atomic E-state index is -0.253. The number of carbonyl (C=O) groups excluding carboxylic acids is 1. The minimum Gasteiger partial charge on any atom is -0.496 e. The van der Waals surface area contributed by atoms with Crippen LogP contribution in [-0.2, 0) is 4.79 Å². The molecule has 0 saturated carbocycles. The van der Waals surface area contributed by atoms with Crippen LogP contribution >= 0.6 is 0 Å². The van der Waals surface area contributed by atoms with E-state index in [-0.39, 0.29) is 5.91 Å². The van der Waals surface area contributed by atoms with Gasteiger partial charge in [0.05, 0.1) is 21.3 Å². The summed E-state index contributed by atoms with van der Waals surface area (Å²) in [6.45, 7) is 5.82. The number of ether oxygens (including phenoxy) is 3. The van der Waals surface area contributed by atoms with Crippen molar-refractivity contribution in [1.82, 2.24) is 0 Å². The highest BCUT2D eigenvalue weighted by Gasteiger charge is 2.14. The minimum absolute atomic E-state index is 0.253. The first-order valence-electron chi connectivity index (χ1n) is 9.17. The molecular formula is C23H25NO5. The van der Waals surface area contributed by atoms with Gasteiger partial charge in [0, 0.05) is 34.8 Å². The van der Waals surface area contributed by atoms with E-state index in [1.165, 1.54) is 0 Å². The lowest BCUT2D eigenvalue weighted by molar-refractivity contribution is -0.111. The third-order valence-corrected chi connectivity index (χ3v) is 4.92. The molecular weight excluding hydrogens is 370 g/mol. The number of aryl methyl sites for hydroxylation is 2. The van der Waals surface area contributed by atoms with E-state index in [4.69, 9.17) is 18.6 Å². The topological polar surface area (TPSA) is 69.9 Å². The number of carbonyl (C=O) groups is 1. The third kappa shape index (κ3) is 4.06. The Morgan fingerprint density at radius 1 is 0.966 bits per heavy atom. The average molecular weight is 395 g/mol. The van der Waals surface area contributed by atoms with E-state index in [2.05, 4.69) is 5.32 Å². The molecule has 0 aliphatic heterocycles. The molecule has 1 amide bonds. The van der Waals surface area contributed by atoms with E-state index >= 15 is 0 Å². The number of nitrogens with one attached hydrogen (secondary N) is 1. The van der Waals surface area contributed by atoms with Crippen molar-refractivity contribution < 1.29 is 23.4 Å². The zero-order chi connectivity index (χ0) is 21.1. The number of allylic oxidation sites excluding steroid dienone is 1. The van der Waals surface area contributed by atoms with Crippen molar-refractivity contribution >= 4 is 28.1 Å². The number of fused-ring (bicyclic) bond motifs is 1. The molecule has 0 aliphatic carbocycles. The number of hydrogen-bond donors (Lipinski definition) is 1. The predicted molar refractivity (Wildman–Crippen MR) is 114 cm³/mol. The Hall–Kier alpha value is -3.41. The fourth-order valence-electron chi connectivity index (χ4n) is 3.21. The number of methoxy groups -OCH3 is 3. The molecule has 0 spiro atoms. The SMILES string of the molecule is COc1ccc(NC(=O)/C=C(\C)c2cc3c(C)c(C)oc3cc2OC)cc1OC. The summed E-state index contributed by atoms with van der Waals surface area (Å²) in [6, 6.07) is 9.06. The van der Waals surface area contributed by atoms with Gasteiger partial charge < -0.3 is 23.9 Å². The molecule has 0 aliphatic rings. The highest BCUT2D eigenvalue weighted by molar-refractivity contribution is 6.04. The van der Waals surface area contributed by atoms with Crippen LogP contribution in [0.4, 0.5) is 5.69 Å². The molecule has 29 heavy (non-hydrogen) atoms. The summed E-state index contributed by atoms with van der Waals surface area (Å²) in [5.41, 5.74) is 4.07. The summed E-state index contributed by atoms with van der Waals surface area (Å²) >= 11 is 0. The molecule has 0 saturated heterocycles. The Morgan fingerprint density at radius 3 is 2.31 bits per heavy atom. The van der Waals surface area contributed by atoms with Gasteiger partial charge in [0.15, 0.2) is 11.5 Å². The van der Waals surface area contributed by atoms with Crippen molar-refractivity contribution in [1.29, 1.82) is 0 Å². The van der Waals surface area contributed by atoms with Gasteiger partial charge in [-0.3, -0.25) is 4.79 Å². The van der Waals surface area contributed by atoms with Gasteiger partial charge >= 0.3 is 0 Å². The van der Waals surface area contributed by atoms with E-state index in [1.54, 1.807) is 45.6 Å². The number of rotatable bonds is 6. The van der Waals surface area contributed by atoms with Crippen molar-refractivity contribution in [3.05, 3.63) is 53.3 Å². The molecule has 0 radical (unpaired) electrons. The van der Waals surface area contributed by atoms with Crippen LogP contribution in [0.15, 0.2) is 40.8 Å². The van der Waals surface area contributed by atoms with E-state index in [9.17, 15) is 4.79 Å². The first kappa shape index (κ1) is 20.3. The molecule has 0 bridgehead atoms. The number of benzene rings is 2. The maximum absolute atomic E-state index is 12.6. The normalized spacial score (nSPS) is 11.4. The van der Waals surface area contributed by atoms with Gasteiger partial charge in [0.1, 0.15) is 17.1 Å². The predicted octanol–water partition coefficient (Wildman–Crippen LogP) is 5.12. The van der Waals surface area contributed by atoms with E-state index < -0.39 is 0 Å². The van der Waals surface area contributed by atoms with Crippen LogP contribution in [0, 0.1) is 13.8 Å². The third-order valence-electron chi connectivity index (χ3n) is 4.92. The van der Waals surface area contributed by atoms with Crippen LogP contribution < -0.4 is 19.5 Å². The Kier molecular flexibility index (Phi) is 5.82. The van der Waals surface area contributed by atoms with E-state index in [1.807, 2.05) is 32.9 Å². The molecule has 0 unspecified atom stereocenters. The smallest absolute Gasteiger partial charge is 0.248 e. The van der Waals surface area contributed by atoms with Crippen molar-refractivity contribution in [2.75, 3.05) is 26.6 Å². The maximum Gasteiger partial charge on any atom is 0.248 e. The summed E-state index contributed by atoms with van der Waals surface area (Å²) in [7, 11) is 4.72. The van der Waals surface area contributed by atoms with Crippen LogP contribution in [0.1, 0.15) is 23.8 Å². The number of hydrogen-bond acceptors (Lipinski definition) is 5. The molecule has 1 heterocycles. The molecule has 0 atom stereocenters. The van der Waals surface area contributed by atoms with Gasteiger partial charge in [0.2, 0.25) is 5.91 Å². The van der Waals surface area contributed by atoms with Crippen LogP contribution in [-0.4, -0.2) is 27.2 Å². The van der Waals surface area contributed by atoms with Crippen LogP contribution in [0.25, 0.3) is 16.5 Å². The Morgan fingerprint density at radius 2 is 1.66 bits per heavy atom. The number of anilines is 1. The first-order valence-corrected chi connectivity index (χ1v) is 9.17. The fourth-order valence-corrected chi connectivity index (χ4v) is 3.21. The summed E-state index contributed by atoms with van der Waals surface area (Å²) < 4.78 is 21.8. The first-order chi connectivity index (χ1) is 13.9.